The fourth-order valence-electron chi connectivity index (χ4n) is 4.72. The van der Waals surface area contributed by atoms with Gasteiger partial charge in [0.2, 0.25) is 0 Å². The van der Waals surface area contributed by atoms with Gasteiger partial charge in [0, 0.05) is 30.8 Å². The molecule has 4 rings (SSSR count). The zero-order valence-corrected chi connectivity index (χ0v) is 21.2. The standard InChI is InChI=1S/C25H26F6N6O2/c1-14-10-36(12-17(14)23(2,3)39)16-7-20(21(32-9-16)25(29,30)31)35-22(38)19-6-4-5-18(34-19)15-8-33-37(11-15)13-24(26,27)28/h4-9,11,14,17,39H,10,12-13H2,1-3H3,(H,35,38). The highest BCUT2D eigenvalue weighted by Gasteiger charge is 2.40. The molecule has 3 aromatic rings. The predicted octanol–water partition coefficient (Wildman–Crippen LogP) is 5.02. The lowest BCUT2D eigenvalue weighted by molar-refractivity contribution is -0.142. The lowest BCUT2D eigenvalue weighted by Gasteiger charge is -2.28. The first-order chi connectivity index (χ1) is 18.0. The monoisotopic (exact) mass is 556 g/mol. The number of alkyl halides is 6. The maximum Gasteiger partial charge on any atom is 0.435 e. The number of hydrogen-bond acceptors (Lipinski definition) is 6. The number of pyridine rings is 2. The molecule has 1 aliphatic rings. The van der Waals surface area contributed by atoms with Gasteiger partial charge >= 0.3 is 12.4 Å². The van der Waals surface area contributed by atoms with E-state index in [2.05, 4.69) is 20.4 Å². The van der Waals surface area contributed by atoms with Crippen molar-refractivity contribution in [3.8, 4) is 11.3 Å². The second-order valence-corrected chi connectivity index (χ2v) is 10.1. The average molecular weight is 557 g/mol. The Balaban J connectivity index is 1.59. The van der Waals surface area contributed by atoms with Crippen LogP contribution in [0.15, 0.2) is 42.9 Å². The van der Waals surface area contributed by atoms with Crippen molar-refractivity contribution in [3.05, 3.63) is 54.2 Å². The molecule has 3 aromatic heterocycles. The number of rotatable bonds is 6. The fourth-order valence-corrected chi connectivity index (χ4v) is 4.72. The van der Waals surface area contributed by atoms with Gasteiger partial charge in [-0.15, -0.1) is 0 Å². The molecule has 0 aromatic carbocycles. The summed E-state index contributed by atoms with van der Waals surface area (Å²) < 4.78 is 79.8. The minimum absolute atomic E-state index is 0.0535. The second kappa shape index (κ2) is 10.1. The SMILES string of the molecule is CC1CN(c2cnc(C(F)(F)F)c(NC(=O)c3cccc(-c4cnn(CC(F)(F)F)c4)n3)c2)CC1C(C)(C)O. The van der Waals surface area contributed by atoms with Gasteiger partial charge in [-0.2, -0.15) is 31.4 Å². The Morgan fingerprint density at radius 1 is 1.13 bits per heavy atom. The highest BCUT2D eigenvalue weighted by molar-refractivity contribution is 6.03. The third kappa shape index (κ3) is 6.67. The van der Waals surface area contributed by atoms with Crippen molar-refractivity contribution in [1.82, 2.24) is 19.7 Å². The van der Waals surface area contributed by atoms with E-state index in [9.17, 15) is 36.2 Å². The molecule has 0 saturated carbocycles. The number of hydrogen-bond donors (Lipinski definition) is 2. The first kappa shape index (κ1) is 28.3. The van der Waals surface area contributed by atoms with Gasteiger partial charge in [-0.3, -0.25) is 9.48 Å². The van der Waals surface area contributed by atoms with E-state index < -0.39 is 41.8 Å². The molecule has 210 valence electrons. The van der Waals surface area contributed by atoms with E-state index in [1.165, 1.54) is 24.3 Å². The molecule has 2 N–H and O–H groups in total. The van der Waals surface area contributed by atoms with Crippen LogP contribution in [0.25, 0.3) is 11.3 Å². The van der Waals surface area contributed by atoms with Gasteiger partial charge in [0.05, 0.1) is 35.1 Å². The minimum Gasteiger partial charge on any atom is -0.390 e. The summed E-state index contributed by atoms with van der Waals surface area (Å²) in [5.41, 5.74) is -2.47. The molecular formula is C25H26F6N6O2. The smallest absolute Gasteiger partial charge is 0.390 e. The Morgan fingerprint density at radius 3 is 2.46 bits per heavy atom. The Bertz CT molecular complexity index is 1350. The largest absolute Gasteiger partial charge is 0.435 e. The summed E-state index contributed by atoms with van der Waals surface area (Å²) in [6.45, 7) is 4.84. The quantitative estimate of drug-likeness (QED) is 0.414. The van der Waals surface area contributed by atoms with Crippen molar-refractivity contribution in [1.29, 1.82) is 0 Å². The fraction of sp³-hybridized carbons (Fsp3) is 0.440. The number of carbonyl (C=O) groups is 1. The number of nitrogens with one attached hydrogen (secondary N) is 1. The van der Waals surface area contributed by atoms with Crippen LogP contribution in [0, 0.1) is 11.8 Å². The van der Waals surface area contributed by atoms with E-state index in [1.807, 2.05) is 6.92 Å². The third-order valence-electron chi connectivity index (χ3n) is 6.53. The summed E-state index contributed by atoms with van der Waals surface area (Å²) in [6, 6.07) is 5.28. The Kier molecular flexibility index (Phi) is 7.36. The molecular weight excluding hydrogens is 530 g/mol. The van der Waals surface area contributed by atoms with Gasteiger partial charge in [0.1, 0.15) is 12.2 Å². The molecule has 0 spiro atoms. The molecule has 14 heteroatoms. The predicted molar refractivity (Wildman–Crippen MR) is 130 cm³/mol. The lowest BCUT2D eigenvalue weighted by Crippen LogP contribution is -2.35. The van der Waals surface area contributed by atoms with Crippen molar-refractivity contribution < 1.29 is 36.2 Å². The molecule has 4 heterocycles. The van der Waals surface area contributed by atoms with Gasteiger partial charge in [-0.25, -0.2) is 9.97 Å². The highest BCUT2D eigenvalue weighted by atomic mass is 19.4. The summed E-state index contributed by atoms with van der Waals surface area (Å²) in [5, 5.41) is 16.3. The molecule has 0 aliphatic carbocycles. The third-order valence-corrected chi connectivity index (χ3v) is 6.53. The van der Waals surface area contributed by atoms with Gasteiger partial charge in [0.15, 0.2) is 5.69 Å². The lowest BCUT2D eigenvalue weighted by atomic mass is 9.84. The van der Waals surface area contributed by atoms with Gasteiger partial charge in [-0.1, -0.05) is 13.0 Å². The first-order valence-corrected chi connectivity index (χ1v) is 11.9. The van der Waals surface area contributed by atoms with E-state index in [0.29, 0.717) is 23.5 Å². The molecule has 0 radical (unpaired) electrons. The molecule has 39 heavy (non-hydrogen) atoms. The van der Waals surface area contributed by atoms with Crippen LogP contribution in [0.2, 0.25) is 0 Å². The molecule has 8 nitrogen and oxygen atoms in total. The molecule has 2 unspecified atom stereocenters. The van der Waals surface area contributed by atoms with E-state index >= 15 is 0 Å². The van der Waals surface area contributed by atoms with Crippen LogP contribution in [0.4, 0.5) is 37.7 Å². The van der Waals surface area contributed by atoms with E-state index in [1.54, 1.807) is 18.7 Å². The molecule has 0 bridgehead atoms. The van der Waals surface area contributed by atoms with Crippen molar-refractivity contribution in [2.24, 2.45) is 11.8 Å². The number of nitrogens with zero attached hydrogens (tertiary/aromatic N) is 5. The van der Waals surface area contributed by atoms with E-state index in [4.69, 9.17) is 0 Å². The van der Waals surface area contributed by atoms with E-state index in [0.717, 1.165) is 18.6 Å². The first-order valence-electron chi connectivity index (χ1n) is 11.9. The number of aliphatic hydroxyl groups is 1. The molecule has 1 fully saturated rings. The maximum absolute atomic E-state index is 13.7. The summed E-state index contributed by atoms with van der Waals surface area (Å²) in [5.74, 6) is -1.05. The van der Waals surface area contributed by atoms with Crippen LogP contribution < -0.4 is 10.2 Å². The molecule has 1 aliphatic heterocycles. The average Bonchev–Trinajstić information content (AvgIpc) is 3.43. The minimum atomic E-state index is -4.86. The number of carbonyl (C=O) groups excluding carboxylic acids is 1. The normalized spacial score (nSPS) is 18.5. The van der Waals surface area contributed by atoms with E-state index in [-0.39, 0.29) is 28.8 Å². The Labute approximate surface area is 219 Å². The maximum atomic E-state index is 13.7. The topological polar surface area (TPSA) is 96.2 Å². The molecule has 1 saturated heterocycles. The van der Waals surface area contributed by atoms with Crippen molar-refractivity contribution in [2.75, 3.05) is 23.3 Å². The number of halogens is 6. The summed E-state index contributed by atoms with van der Waals surface area (Å²) >= 11 is 0. The number of aromatic nitrogens is 4. The van der Waals surface area contributed by atoms with Crippen molar-refractivity contribution >= 4 is 17.3 Å². The second-order valence-electron chi connectivity index (χ2n) is 10.1. The summed E-state index contributed by atoms with van der Waals surface area (Å²) in [7, 11) is 0. The Morgan fingerprint density at radius 2 is 1.85 bits per heavy atom. The van der Waals surface area contributed by atoms with Crippen LogP contribution in [-0.4, -0.2) is 55.6 Å². The van der Waals surface area contributed by atoms with Crippen LogP contribution in [-0.2, 0) is 12.7 Å². The molecule has 1 amide bonds. The summed E-state index contributed by atoms with van der Waals surface area (Å²) in [6.07, 6.45) is -6.03. The van der Waals surface area contributed by atoms with Crippen molar-refractivity contribution in [2.45, 2.75) is 45.3 Å². The van der Waals surface area contributed by atoms with Gasteiger partial charge in [-0.05, 0) is 38.0 Å². The van der Waals surface area contributed by atoms with Crippen LogP contribution in [0.5, 0.6) is 0 Å². The zero-order valence-electron chi connectivity index (χ0n) is 21.2. The van der Waals surface area contributed by atoms with Crippen LogP contribution in [0.3, 0.4) is 0 Å². The number of anilines is 2. The van der Waals surface area contributed by atoms with Gasteiger partial charge in [0.25, 0.3) is 5.91 Å². The zero-order chi connectivity index (χ0) is 28.8. The Hall–Kier alpha value is -3.68. The van der Waals surface area contributed by atoms with Crippen LogP contribution >= 0.6 is 0 Å². The van der Waals surface area contributed by atoms with Gasteiger partial charge < -0.3 is 15.3 Å². The van der Waals surface area contributed by atoms with Crippen LogP contribution in [0.1, 0.15) is 37.0 Å². The molecule has 2 atom stereocenters. The van der Waals surface area contributed by atoms with Crippen molar-refractivity contribution in [3.63, 3.8) is 0 Å². The number of amides is 1. The summed E-state index contributed by atoms with van der Waals surface area (Å²) in [4.78, 5) is 22.4. The highest BCUT2D eigenvalue weighted by Crippen LogP contribution is 2.38.